The van der Waals surface area contributed by atoms with E-state index in [0.29, 0.717) is 6.42 Å². The monoisotopic (exact) mass is 659 g/mol. The molecule has 9 nitrogen and oxygen atoms in total. The van der Waals surface area contributed by atoms with Crippen molar-refractivity contribution in [1.82, 2.24) is 0 Å². The molecule has 0 aliphatic heterocycles. The minimum absolute atomic E-state index is 0.0514. The fraction of sp³-hybridized carbons (Fsp3) is 0.829. The van der Waals surface area contributed by atoms with E-state index in [2.05, 4.69) is 38.2 Å². The maximum Gasteiger partial charge on any atom is 0.472 e. The molecule has 0 aliphatic rings. The van der Waals surface area contributed by atoms with Crippen LogP contribution in [-0.2, 0) is 32.7 Å². The van der Waals surface area contributed by atoms with Crippen LogP contribution in [0.5, 0.6) is 0 Å². The van der Waals surface area contributed by atoms with Crippen molar-refractivity contribution in [1.29, 1.82) is 0 Å². The fourth-order valence-electron chi connectivity index (χ4n) is 4.61. The number of nitrogens with two attached hydrogens (primary N) is 1. The third kappa shape index (κ3) is 32.2. The van der Waals surface area contributed by atoms with E-state index in [1.165, 1.54) is 44.9 Å². The number of hydrogen-bond acceptors (Lipinski definition) is 8. The highest BCUT2D eigenvalue weighted by molar-refractivity contribution is 7.47. The highest BCUT2D eigenvalue weighted by Crippen LogP contribution is 2.43. The van der Waals surface area contributed by atoms with Crippen LogP contribution in [0.25, 0.3) is 0 Å². The van der Waals surface area contributed by atoms with Crippen LogP contribution in [0.2, 0.25) is 0 Å². The van der Waals surface area contributed by atoms with E-state index in [1.807, 2.05) is 0 Å². The van der Waals surface area contributed by atoms with Gasteiger partial charge in [0.1, 0.15) is 6.61 Å². The summed E-state index contributed by atoms with van der Waals surface area (Å²) < 4.78 is 32.5. The molecule has 0 aromatic rings. The third-order valence-corrected chi connectivity index (χ3v) is 8.29. The minimum Gasteiger partial charge on any atom is -0.462 e. The quantitative estimate of drug-likeness (QED) is 0.0306. The Labute approximate surface area is 274 Å². The van der Waals surface area contributed by atoms with Crippen molar-refractivity contribution >= 4 is 19.8 Å². The lowest BCUT2D eigenvalue weighted by Crippen LogP contribution is -2.29. The van der Waals surface area contributed by atoms with Gasteiger partial charge in [-0.3, -0.25) is 18.6 Å². The Bertz CT molecular complexity index is 805. The highest BCUT2D eigenvalue weighted by atomic mass is 31.2. The molecule has 0 heterocycles. The smallest absolute Gasteiger partial charge is 0.462 e. The standard InChI is InChI=1S/C35H66NO8P/c1-3-5-7-9-11-13-15-16-18-19-21-23-25-27-34(37)41-31-33(32-43-45(39,40)42-30-29-36)44-35(38)28-26-24-22-20-17-14-12-10-8-6-4-2/h10,12-13,15,33H,3-9,11,14,16-32,36H2,1-2H3,(H,39,40)/b12-10-,15-13-/t33-/m1/s1. The van der Waals surface area contributed by atoms with E-state index >= 15 is 0 Å². The molecule has 45 heavy (non-hydrogen) atoms. The molecule has 264 valence electrons. The van der Waals surface area contributed by atoms with E-state index in [4.69, 9.17) is 24.3 Å². The second-order valence-corrected chi connectivity index (χ2v) is 13.2. The van der Waals surface area contributed by atoms with Crippen LogP contribution >= 0.6 is 7.82 Å². The second-order valence-electron chi connectivity index (χ2n) is 11.7. The first-order valence-corrected chi connectivity index (χ1v) is 19.3. The van der Waals surface area contributed by atoms with Crippen LogP contribution in [0.3, 0.4) is 0 Å². The maximum absolute atomic E-state index is 12.5. The summed E-state index contributed by atoms with van der Waals surface area (Å²) in [5.41, 5.74) is 5.32. The van der Waals surface area contributed by atoms with Gasteiger partial charge in [0.2, 0.25) is 0 Å². The van der Waals surface area contributed by atoms with Gasteiger partial charge in [-0.1, -0.05) is 109 Å². The average molecular weight is 660 g/mol. The zero-order valence-corrected chi connectivity index (χ0v) is 29.5. The molecule has 1 unspecified atom stereocenters. The Morgan fingerprint density at radius 1 is 0.644 bits per heavy atom. The van der Waals surface area contributed by atoms with Gasteiger partial charge < -0.3 is 20.1 Å². The van der Waals surface area contributed by atoms with Crippen molar-refractivity contribution in [2.45, 2.75) is 161 Å². The number of ether oxygens (including phenoxy) is 2. The Morgan fingerprint density at radius 2 is 1.11 bits per heavy atom. The normalized spacial score (nSPS) is 13.8. The molecule has 0 aliphatic carbocycles. The van der Waals surface area contributed by atoms with Crippen molar-refractivity contribution in [2.24, 2.45) is 5.73 Å². The summed E-state index contributed by atoms with van der Waals surface area (Å²) in [4.78, 5) is 34.6. The number of phosphoric acid groups is 1. The summed E-state index contributed by atoms with van der Waals surface area (Å²) in [5, 5.41) is 0. The van der Waals surface area contributed by atoms with Crippen LogP contribution in [0.4, 0.5) is 0 Å². The topological polar surface area (TPSA) is 134 Å². The summed E-state index contributed by atoms with van der Waals surface area (Å²) in [6, 6.07) is 0. The van der Waals surface area contributed by atoms with Gasteiger partial charge >= 0.3 is 19.8 Å². The van der Waals surface area contributed by atoms with E-state index in [9.17, 15) is 19.0 Å². The Kier molecular flexibility index (Phi) is 31.3. The zero-order chi connectivity index (χ0) is 33.3. The molecule has 0 amide bonds. The van der Waals surface area contributed by atoms with Crippen molar-refractivity contribution in [3.63, 3.8) is 0 Å². The number of allylic oxidation sites excluding steroid dienone is 4. The summed E-state index contributed by atoms with van der Waals surface area (Å²) in [6.07, 6.45) is 30.7. The number of rotatable bonds is 33. The first-order chi connectivity index (χ1) is 21.8. The molecule has 0 fully saturated rings. The zero-order valence-electron chi connectivity index (χ0n) is 28.6. The number of hydrogen-bond donors (Lipinski definition) is 2. The number of carbonyl (C=O) groups excluding carboxylic acids is 2. The molecule has 0 spiro atoms. The maximum atomic E-state index is 12.5. The largest absolute Gasteiger partial charge is 0.472 e. The molecule has 0 saturated heterocycles. The Hall–Kier alpha value is -1.51. The molecule has 0 rings (SSSR count). The van der Waals surface area contributed by atoms with Gasteiger partial charge in [0.15, 0.2) is 6.10 Å². The van der Waals surface area contributed by atoms with Crippen LogP contribution in [0.1, 0.15) is 155 Å². The lowest BCUT2D eigenvalue weighted by Gasteiger charge is -2.19. The lowest BCUT2D eigenvalue weighted by atomic mass is 10.1. The van der Waals surface area contributed by atoms with Crippen molar-refractivity contribution in [2.75, 3.05) is 26.4 Å². The van der Waals surface area contributed by atoms with Gasteiger partial charge in [0, 0.05) is 19.4 Å². The first-order valence-electron chi connectivity index (χ1n) is 17.8. The molecule has 0 saturated carbocycles. The van der Waals surface area contributed by atoms with Crippen molar-refractivity contribution in [3.05, 3.63) is 24.3 Å². The number of esters is 2. The van der Waals surface area contributed by atoms with Gasteiger partial charge in [-0.15, -0.1) is 0 Å². The third-order valence-electron chi connectivity index (χ3n) is 7.31. The van der Waals surface area contributed by atoms with Gasteiger partial charge in [-0.05, 0) is 57.8 Å². The van der Waals surface area contributed by atoms with Crippen LogP contribution in [0.15, 0.2) is 24.3 Å². The van der Waals surface area contributed by atoms with Gasteiger partial charge in [-0.2, -0.15) is 0 Å². The fourth-order valence-corrected chi connectivity index (χ4v) is 5.37. The number of carbonyl (C=O) groups is 2. The minimum atomic E-state index is -4.37. The first kappa shape index (κ1) is 43.5. The van der Waals surface area contributed by atoms with Crippen LogP contribution in [0, 0.1) is 0 Å². The molecule has 0 radical (unpaired) electrons. The second kappa shape index (κ2) is 32.4. The van der Waals surface area contributed by atoms with Gasteiger partial charge in [0.05, 0.1) is 13.2 Å². The summed E-state index contributed by atoms with van der Waals surface area (Å²) in [7, 11) is -4.37. The average Bonchev–Trinajstić information content (AvgIpc) is 3.02. The lowest BCUT2D eigenvalue weighted by molar-refractivity contribution is -0.161. The van der Waals surface area contributed by atoms with Crippen molar-refractivity contribution < 1.29 is 37.6 Å². The summed E-state index contributed by atoms with van der Waals surface area (Å²) in [6.45, 7) is 3.63. The number of unbranched alkanes of at least 4 members (excludes halogenated alkanes) is 16. The molecular formula is C35H66NO8P. The van der Waals surface area contributed by atoms with E-state index in [1.54, 1.807) is 0 Å². The van der Waals surface area contributed by atoms with Gasteiger partial charge in [-0.25, -0.2) is 4.57 Å². The van der Waals surface area contributed by atoms with E-state index < -0.39 is 32.5 Å². The SMILES string of the molecule is CCCC/C=C\CCCCCCCC(=O)O[C@H](COC(=O)CCCCCCC/C=C\CCCCCC)COP(=O)(O)OCCN. The molecule has 0 aromatic heterocycles. The predicted molar refractivity (Wildman–Crippen MR) is 183 cm³/mol. The van der Waals surface area contributed by atoms with Gasteiger partial charge in [0.25, 0.3) is 0 Å². The van der Waals surface area contributed by atoms with Crippen LogP contribution in [-0.4, -0.2) is 49.3 Å². The summed E-state index contributed by atoms with van der Waals surface area (Å²) in [5.74, 6) is -0.852. The molecule has 0 aromatic carbocycles. The number of phosphoric ester groups is 1. The van der Waals surface area contributed by atoms with E-state index in [0.717, 1.165) is 77.0 Å². The molecule has 2 atom stereocenters. The Balaban J connectivity index is 4.28. The molecule has 0 bridgehead atoms. The highest BCUT2D eigenvalue weighted by Gasteiger charge is 2.25. The van der Waals surface area contributed by atoms with Crippen LogP contribution < -0.4 is 5.73 Å². The van der Waals surface area contributed by atoms with Crippen molar-refractivity contribution in [3.8, 4) is 0 Å². The molecular weight excluding hydrogens is 593 g/mol. The molecule has 10 heteroatoms. The summed E-state index contributed by atoms with van der Waals surface area (Å²) >= 11 is 0. The predicted octanol–water partition coefficient (Wildman–Crippen LogP) is 9.27. The molecule has 3 N–H and O–H groups in total. The van der Waals surface area contributed by atoms with E-state index in [-0.39, 0.29) is 32.6 Å². The Morgan fingerprint density at radius 3 is 1.64 bits per heavy atom.